The van der Waals surface area contributed by atoms with Crippen molar-refractivity contribution in [2.75, 3.05) is 25.5 Å². The fourth-order valence-electron chi connectivity index (χ4n) is 1.89. The highest BCUT2D eigenvalue weighted by atomic mass is 16.6. The van der Waals surface area contributed by atoms with Crippen LogP contribution in [0.5, 0.6) is 5.75 Å². The third-order valence-electron chi connectivity index (χ3n) is 2.86. The van der Waals surface area contributed by atoms with Crippen molar-refractivity contribution in [3.8, 4) is 5.75 Å². The van der Waals surface area contributed by atoms with Crippen LogP contribution in [0.4, 0.5) is 10.5 Å². The monoisotopic (exact) mass is 250 g/mol. The van der Waals surface area contributed by atoms with E-state index in [1.807, 2.05) is 0 Å². The highest BCUT2D eigenvalue weighted by Gasteiger charge is 2.17. The average molecular weight is 250 g/mol. The number of hydrogen-bond acceptors (Lipinski definition) is 4. The molecule has 2 rings (SSSR count). The van der Waals surface area contributed by atoms with E-state index in [0.717, 1.165) is 31.7 Å². The number of carbonyl (C=O) groups excluding carboxylic acids is 1. The molecule has 0 bridgehead atoms. The first-order valence-corrected chi connectivity index (χ1v) is 6.10. The number of methoxy groups -OCH3 is 1. The number of benzene rings is 1. The topological polar surface area (TPSA) is 59.6 Å². The molecule has 0 aliphatic carbocycles. The molecule has 1 unspecified atom stereocenters. The SMILES string of the molecule is COc1ccc(NC(=O)OC2CCCNC2)cc1. The van der Waals surface area contributed by atoms with Gasteiger partial charge >= 0.3 is 6.09 Å². The number of ether oxygens (including phenoxy) is 2. The minimum atomic E-state index is -0.408. The number of nitrogens with one attached hydrogen (secondary N) is 2. The van der Waals surface area contributed by atoms with Gasteiger partial charge in [-0.3, -0.25) is 5.32 Å². The van der Waals surface area contributed by atoms with E-state index in [1.54, 1.807) is 31.4 Å². The van der Waals surface area contributed by atoms with Gasteiger partial charge in [0.15, 0.2) is 0 Å². The summed E-state index contributed by atoms with van der Waals surface area (Å²) in [5, 5.41) is 5.89. The summed E-state index contributed by atoms with van der Waals surface area (Å²) in [7, 11) is 1.60. The molecule has 2 N–H and O–H groups in total. The highest BCUT2D eigenvalue weighted by Crippen LogP contribution is 2.15. The van der Waals surface area contributed by atoms with Crippen molar-refractivity contribution in [2.45, 2.75) is 18.9 Å². The zero-order valence-corrected chi connectivity index (χ0v) is 10.4. The number of amides is 1. The van der Waals surface area contributed by atoms with Gasteiger partial charge in [0.25, 0.3) is 0 Å². The van der Waals surface area contributed by atoms with Crippen LogP contribution in [-0.4, -0.2) is 32.4 Å². The summed E-state index contributed by atoms with van der Waals surface area (Å²) in [6.07, 6.45) is 1.52. The Morgan fingerprint density at radius 3 is 2.78 bits per heavy atom. The molecule has 1 aliphatic rings. The molecule has 18 heavy (non-hydrogen) atoms. The van der Waals surface area contributed by atoms with Crippen molar-refractivity contribution in [3.05, 3.63) is 24.3 Å². The maximum Gasteiger partial charge on any atom is 0.411 e. The molecule has 1 heterocycles. The molecule has 1 aliphatic heterocycles. The van der Waals surface area contributed by atoms with E-state index in [1.165, 1.54) is 0 Å². The zero-order chi connectivity index (χ0) is 12.8. The van der Waals surface area contributed by atoms with Gasteiger partial charge in [-0.1, -0.05) is 0 Å². The van der Waals surface area contributed by atoms with Gasteiger partial charge in [-0.05, 0) is 43.7 Å². The van der Waals surface area contributed by atoms with Crippen LogP contribution in [0.1, 0.15) is 12.8 Å². The highest BCUT2D eigenvalue weighted by molar-refractivity contribution is 5.84. The van der Waals surface area contributed by atoms with Crippen molar-refractivity contribution in [3.63, 3.8) is 0 Å². The van der Waals surface area contributed by atoms with Gasteiger partial charge in [0.1, 0.15) is 11.9 Å². The molecular formula is C13H18N2O3. The van der Waals surface area contributed by atoms with Crippen molar-refractivity contribution in [1.82, 2.24) is 5.32 Å². The smallest absolute Gasteiger partial charge is 0.411 e. The first-order valence-electron chi connectivity index (χ1n) is 6.10. The molecule has 1 aromatic rings. The van der Waals surface area contributed by atoms with Crippen molar-refractivity contribution >= 4 is 11.8 Å². The van der Waals surface area contributed by atoms with E-state index < -0.39 is 6.09 Å². The molecule has 1 aromatic carbocycles. The van der Waals surface area contributed by atoms with Crippen LogP contribution in [0.2, 0.25) is 0 Å². The Morgan fingerprint density at radius 1 is 1.39 bits per heavy atom. The van der Waals surface area contributed by atoms with Gasteiger partial charge in [0.2, 0.25) is 0 Å². The number of hydrogen-bond donors (Lipinski definition) is 2. The summed E-state index contributed by atoms with van der Waals surface area (Å²) in [5.41, 5.74) is 0.699. The van der Waals surface area contributed by atoms with E-state index in [2.05, 4.69) is 10.6 Å². The Kier molecular flexibility index (Phi) is 4.41. The van der Waals surface area contributed by atoms with Crippen molar-refractivity contribution < 1.29 is 14.3 Å². The predicted octanol–water partition coefficient (Wildman–Crippen LogP) is 2.00. The molecule has 5 heteroatoms. The molecule has 0 radical (unpaired) electrons. The fourth-order valence-corrected chi connectivity index (χ4v) is 1.89. The van der Waals surface area contributed by atoms with Gasteiger partial charge < -0.3 is 14.8 Å². The van der Waals surface area contributed by atoms with Crippen LogP contribution in [0.15, 0.2) is 24.3 Å². The van der Waals surface area contributed by atoms with Crippen LogP contribution in [-0.2, 0) is 4.74 Å². The largest absolute Gasteiger partial charge is 0.497 e. The third kappa shape index (κ3) is 3.63. The number of carbonyl (C=O) groups is 1. The summed E-state index contributed by atoms with van der Waals surface area (Å²) in [4.78, 5) is 11.6. The Labute approximate surface area is 106 Å². The second-order valence-corrected chi connectivity index (χ2v) is 4.23. The maximum absolute atomic E-state index is 11.6. The Morgan fingerprint density at radius 2 is 2.17 bits per heavy atom. The standard InChI is InChI=1S/C13H18N2O3/c1-17-11-6-4-10(5-7-11)15-13(16)18-12-3-2-8-14-9-12/h4-7,12,14H,2-3,8-9H2,1H3,(H,15,16). The summed E-state index contributed by atoms with van der Waals surface area (Å²) >= 11 is 0. The normalized spacial score (nSPS) is 19.1. The average Bonchev–Trinajstić information content (AvgIpc) is 2.40. The Balaban J connectivity index is 1.82. The minimum absolute atomic E-state index is 0.0306. The lowest BCUT2D eigenvalue weighted by Crippen LogP contribution is -2.37. The Bertz CT molecular complexity index is 386. The lowest BCUT2D eigenvalue weighted by atomic mass is 10.1. The second kappa shape index (κ2) is 6.26. The van der Waals surface area contributed by atoms with Crippen LogP contribution in [0.3, 0.4) is 0 Å². The lowest BCUT2D eigenvalue weighted by molar-refractivity contribution is 0.0941. The second-order valence-electron chi connectivity index (χ2n) is 4.23. The molecule has 0 aromatic heterocycles. The fraction of sp³-hybridized carbons (Fsp3) is 0.462. The van der Waals surface area contributed by atoms with Crippen molar-refractivity contribution in [2.24, 2.45) is 0 Å². The molecule has 1 atom stereocenters. The lowest BCUT2D eigenvalue weighted by Gasteiger charge is -2.22. The van der Waals surface area contributed by atoms with E-state index in [0.29, 0.717) is 5.69 Å². The quantitative estimate of drug-likeness (QED) is 0.861. The zero-order valence-electron chi connectivity index (χ0n) is 10.4. The predicted molar refractivity (Wildman–Crippen MR) is 69.0 cm³/mol. The van der Waals surface area contributed by atoms with Crippen LogP contribution in [0, 0.1) is 0 Å². The first-order chi connectivity index (χ1) is 8.78. The van der Waals surface area contributed by atoms with Gasteiger partial charge in [0, 0.05) is 12.2 Å². The van der Waals surface area contributed by atoms with Gasteiger partial charge in [-0.25, -0.2) is 4.79 Å². The Hall–Kier alpha value is -1.75. The number of piperidine rings is 1. The summed E-state index contributed by atoms with van der Waals surface area (Å²) in [6, 6.07) is 7.13. The minimum Gasteiger partial charge on any atom is -0.497 e. The number of anilines is 1. The number of rotatable bonds is 3. The van der Waals surface area contributed by atoms with Crippen molar-refractivity contribution in [1.29, 1.82) is 0 Å². The first kappa shape index (κ1) is 12.7. The molecule has 0 saturated carbocycles. The van der Waals surface area contributed by atoms with Gasteiger partial charge in [0.05, 0.1) is 7.11 Å². The van der Waals surface area contributed by atoms with Gasteiger partial charge in [-0.2, -0.15) is 0 Å². The molecule has 5 nitrogen and oxygen atoms in total. The maximum atomic E-state index is 11.6. The van der Waals surface area contributed by atoms with E-state index >= 15 is 0 Å². The van der Waals surface area contributed by atoms with Crippen LogP contribution in [0.25, 0.3) is 0 Å². The molecule has 0 spiro atoms. The van der Waals surface area contributed by atoms with Crippen LogP contribution >= 0.6 is 0 Å². The van der Waals surface area contributed by atoms with E-state index in [9.17, 15) is 4.79 Å². The van der Waals surface area contributed by atoms with Crippen LogP contribution < -0.4 is 15.4 Å². The molecule has 98 valence electrons. The molecular weight excluding hydrogens is 232 g/mol. The molecule has 1 saturated heterocycles. The summed E-state index contributed by atoms with van der Waals surface area (Å²) in [6.45, 7) is 1.73. The third-order valence-corrected chi connectivity index (χ3v) is 2.86. The summed E-state index contributed by atoms with van der Waals surface area (Å²) in [5.74, 6) is 0.755. The summed E-state index contributed by atoms with van der Waals surface area (Å²) < 4.78 is 10.4. The van der Waals surface area contributed by atoms with Gasteiger partial charge in [-0.15, -0.1) is 0 Å². The molecule has 1 amide bonds. The van der Waals surface area contributed by atoms with E-state index in [4.69, 9.17) is 9.47 Å². The van der Waals surface area contributed by atoms with E-state index in [-0.39, 0.29) is 6.10 Å². The molecule has 1 fully saturated rings.